The molecule has 2 rings (SSSR count). The topological polar surface area (TPSA) is 83.0 Å². The summed E-state index contributed by atoms with van der Waals surface area (Å²) < 4.78 is 6.69. The molecule has 1 aliphatic rings. The summed E-state index contributed by atoms with van der Waals surface area (Å²) in [6, 6.07) is 0. The molecule has 1 aliphatic heterocycles. The molecule has 0 saturated carbocycles. The molecule has 2 heterocycles. The van der Waals surface area contributed by atoms with Crippen molar-refractivity contribution in [2.45, 2.75) is 13.0 Å². The van der Waals surface area contributed by atoms with Crippen molar-refractivity contribution in [3.63, 3.8) is 0 Å². The van der Waals surface area contributed by atoms with E-state index in [2.05, 4.69) is 10.3 Å². The van der Waals surface area contributed by atoms with Gasteiger partial charge in [-0.05, 0) is 6.08 Å². The second kappa shape index (κ2) is 4.22. The Morgan fingerprint density at radius 3 is 3.20 bits per heavy atom. The van der Waals surface area contributed by atoms with E-state index in [0.29, 0.717) is 31.1 Å². The summed E-state index contributed by atoms with van der Waals surface area (Å²) in [5, 5.41) is 7.55. The Kier molecular flexibility index (Phi) is 2.77. The van der Waals surface area contributed by atoms with Crippen LogP contribution in [-0.2, 0) is 11.3 Å². The zero-order valence-electron chi connectivity index (χ0n) is 8.22. The minimum absolute atomic E-state index is 0.212. The lowest BCUT2D eigenvalue weighted by atomic mass is 10.2. The van der Waals surface area contributed by atoms with E-state index >= 15 is 0 Å². The molecular weight excluding hydrogens is 196 g/mol. The maximum absolute atomic E-state index is 11.7. The van der Waals surface area contributed by atoms with Crippen molar-refractivity contribution in [1.29, 1.82) is 0 Å². The van der Waals surface area contributed by atoms with Crippen LogP contribution in [0.25, 0.3) is 0 Å². The number of aromatic nitrogens is 3. The lowest BCUT2D eigenvalue weighted by molar-refractivity contribution is 0.0937. The van der Waals surface area contributed by atoms with Crippen molar-refractivity contribution in [3.8, 4) is 0 Å². The maximum atomic E-state index is 11.7. The summed E-state index contributed by atoms with van der Waals surface area (Å²) in [7, 11) is 0. The van der Waals surface area contributed by atoms with Gasteiger partial charge < -0.3 is 10.5 Å². The Morgan fingerprint density at radius 1 is 1.67 bits per heavy atom. The van der Waals surface area contributed by atoms with Crippen LogP contribution < -0.4 is 5.73 Å². The number of ketones is 1. The first kappa shape index (κ1) is 9.85. The van der Waals surface area contributed by atoms with Crippen molar-refractivity contribution in [2.24, 2.45) is 5.73 Å². The van der Waals surface area contributed by atoms with Crippen molar-refractivity contribution >= 4 is 5.78 Å². The summed E-state index contributed by atoms with van der Waals surface area (Å²) in [6.07, 6.45) is 4.13. The van der Waals surface area contributed by atoms with Crippen LogP contribution >= 0.6 is 0 Å². The first-order valence-electron chi connectivity index (χ1n) is 4.79. The average Bonchev–Trinajstić information content (AvgIpc) is 2.87. The zero-order chi connectivity index (χ0) is 10.7. The van der Waals surface area contributed by atoms with E-state index in [1.54, 1.807) is 17.0 Å². The van der Waals surface area contributed by atoms with Gasteiger partial charge in [0.2, 0.25) is 5.78 Å². The zero-order valence-corrected chi connectivity index (χ0v) is 8.22. The summed E-state index contributed by atoms with van der Waals surface area (Å²) in [4.78, 5) is 11.7. The van der Waals surface area contributed by atoms with Crippen molar-refractivity contribution in [1.82, 2.24) is 15.0 Å². The summed E-state index contributed by atoms with van der Waals surface area (Å²) in [5.74, 6) is 0.158. The Morgan fingerprint density at radius 2 is 2.53 bits per heavy atom. The Hall–Kier alpha value is -1.69. The molecule has 0 fully saturated rings. The van der Waals surface area contributed by atoms with Gasteiger partial charge in [-0.1, -0.05) is 5.21 Å². The van der Waals surface area contributed by atoms with E-state index in [1.807, 2.05) is 0 Å². The lowest BCUT2D eigenvalue weighted by Crippen LogP contribution is -2.10. The van der Waals surface area contributed by atoms with Crippen LogP contribution in [-0.4, -0.2) is 33.9 Å². The number of carbonyl (C=O) groups is 1. The summed E-state index contributed by atoms with van der Waals surface area (Å²) in [5.41, 5.74) is 5.66. The van der Waals surface area contributed by atoms with Gasteiger partial charge in [-0.15, -0.1) is 5.10 Å². The van der Waals surface area contributed by atoms with Crippen LogP contribution in [0.2, 0.25) is 0 Å². The normalized spacial score (nSPS) is 14.9. The van der Waals surface area contributed by atoms with E-state index in [1.165, 1.54) is 0 Å². The SMILES string of the molecule is NCCn1cc(C(=O)C2=CCCO2)nn1. The summed E-state index contributed by atoms with van der Waals surface area (Å²) >= 11 is 0. The molecule has 0 atom stereocenters. The van der Waals surface area contributed by atoms with Crippen LogP contribution in [0.5, 0.6) is 0 Å². The van der Waals surface area contributed by atoms with Crippen LogP contribution in [0.1, 0.15) is 16.9 Å². The number of carbonyl (C=O) groups excluding carboxylic acids is 1. The average molecular weight is 208 g/mol. The number of nitrogens with zero attached hydrogens (tertiary/aromatic N) is 3. The fourth-order valence-electron chi connectivity index (χ4n) is 1.35. The van der Waals surface area contributed by atoms with Gasteiger partial charge in [0.05, 0.1) is 19.3 Å². The predicted octanol–water partition coefficient (Wildman–Crippen LogP) is -0.276. The molecule has 0 radical (unpaired) electrons. The van der Waals surface area contributed by atoms with E-state index in [9.17, 15) is 4.79 Å². The van der Waals surface area contributed by atoms with E-state index in [-0.39, 0.29) is 5.78 Å². The molecule has 1 aromatic rings. The third-order valence-corrected chi connectivity index (χ3v) is 2.06. The van der Waals surface area contributed by atoms with E-state index in [4.69, 9.17) is 10.5 Å². The highest BCUT2D eigenvalue weighted by Gasteiger charge is 2.19. The fraction of sp³-hybridized carbons (Fsp3) is 0.444. The Bertz CT molecular complexity index is 397. The predicted molar refractivity (Wildman–Crippen MR) is 52.1 cm³/mol. The number of Topliss-reactive ketones (excluding diaryl/α,β-unsaturated/α-hetero) is 1. The van der Waals surface area contributed by atoms with Crippen molar-refractivity contribution in [3.05, 3.63) is 23.7 Å². The highest BCUT2D eigenvalue weighted by Crippen LogP contribution is 2.13. The molecule has 0 spiro atoms. The Balaban J connectivity index is 2.11. The first-order valence-corrected chi connectivity index (χ1v) is 4.79. The molecule has 0 aromatic carbocycles. The van der Waals surface area contributed by atoms with E-state index in [0.717, 1.165) is 6.42 Å². The molecule has 0 bridgehead atoms. The number of hydrogen-bond acceptors (Lipinski definition) is 5. The quantitative estimate of drug-likeness (QED) is 0.688. The molecule has 6 nitrogen and oxygen atoms in total. The molecule has 0 unspecified atom stereocenters. The smallest absolute Gasteiger partial charge is 0.249 e. The standard InChI is InChI=1S/C9H12N4O2/c10-3-4-13-6-7(11-12-13)9(14)8-2-1-5-15-8/h2,6H,1,3-5,10H2. The number of ether oxygens (including phenoxy) is 1. The maximum Gasteiger partial charge on any atom is 0.249 e. The minimum Gasteiger partial charge on any atom is -0.489 e. The van der Waals surface area contributed by atoms with E-state index < -0.39 is 0 Å². The number of allylic oxidation sites excluding steroid dienone is 1. The third kappa shape index (κ3) is 2.04. The van der Waals surface area contributed by atoms with Crippen LogP contribution in [0.4, 0.5) is 0 Å². The molecular formula is C9H12N4O2. The monoisotopic (exact) mass is 208 g/mol. The summed E-state index contributed by atoms with van der Waals surface area (Å²) in [6.45, 7) is 1.59. The van der Waals surface area contributed by atoms with Gasteiger partial charge in [-0.25, -0.2) is 0 Å². The molecule has 0 saturated heterocycles. The van der Waals surface area contributed by atoms with Crippen LogP contribution in [0.15, 0.2) is 18.0 Å². The van der Waals surface area contributed by atoms with Gasteiger partial charge in [0.1, 0.15) is 0 Å². The third-order valence-electron chi connectivity index (χ3n) is 2.06. The number of rotatable bonds is 4. The lowest BCUT2D eigenvalue weighted by Gasteiger charge is -1.98. The molecule has 1 aromatic heterocycles. The molecule has 0 aliphatic carbocycles. The first-order chi connectivity index (χ1) is 7.31. The van der Waals surface area contributed by atoms with Crippen LogP contribution in [0, 0.1) is 0 Å². The second-order valence-electron chi connectivity index (χ2n) is 3.19. The molecule has 6 heteroatoms. The van der Waals surface area contributed by atoms with Crippen LogP contribution in [0.3, 0.4) is 0 Å². The molecule has 15 heavy (non-hydrogen) atoms. The van der Waals surface area contributed by atoms with Gasteiger partial charge >= 0.3 is 0 Å². The van der Waals surface area contributed by atoms with Gasteiger partial charge in [0.25, 0.3) is 0 Å². The molecule has 80 valence electrons. The van der Waals surface area contributed by atoms with Crippen molar-refractivity contribution < 1.29 is 9.53 Å². The second-order valence-corrected chi connectivity index (χ2v) is 3.19. The highest BCUT2D eigenvalue weighted by atomic mass is 16.5. The van der Waals surface area contributed by atoms with Crippen molar-refractivity contribution in [2.75, 3.05) is 13.2 Å². The Labute approximate surface area is 86.7 Å². The van der Waals surface area contributed by atoms with Gasteiger partial charge in [0, 0.05) is 13.0 Å². The van der Waals surface area contributed by atoms with Gasteiger partial charge in [-0.3, -0.25) is 9.48 Å². The minimum atomic E-state index is -0.212. The fourth-order valence-corrected chi connectivity index (χ4v) is 1.35. The number of hydrogen-bond donors (Lipinski definition) is 1. The highest BCUT2D eigenvalue weighted by molar-refractivity contribution is 6.05. The molecule has 0 amide bonds. The number of nitrogens with two attached hydrogens (primary N) is 1. The molecule has 2 N–H and O–H groups in total. The van der Waals surface area contributed by atoms with Gasteiger partial charge in [-0.2, -0.15) is 0 Å². The largest absolute Gasteiger partial charge is 0.489 e. The van der Waals surface area contributed by atoms with Gasteiger partial charge in [0.15, 0.2) is 11.5 Å².